The molecule has 0 aromatic heterocycles. The van der Waals surface area contributed by atoms with Gasteiger partial charge < -0.3 is 4.74 Å². The molecule has 0 saturated carbocycles. The van der Waals surface area contributed by atoms with E-state index in [2.05, 4.69) is 0 Å². The molecule has 5 heteroatoms. The monoisotopic (exact) mass is 351 g/mol. The summed E-state index contributed by atoms with van der Waals surface area (Å²) in [6.07, 6.45) is 0.189. The van der Waals surface area contributed by atoms with E-state index in [0.29, 0.717) is 17.9 Å². The molecule has 0 radical (unpaired) electrons. The smallest absolute Gasteiger partial charge is 0.338 e. The van der Waals surface area contributed by atoms with Crippen molar-refractivity contribution in [1.29, 1.82) is 0 Å². The normalized spacial score (nSPS) is 18.1. The number of carbonyl (C=O) groups is 3. The van der Waals surface area contributed by atoms with Crippen molar-refractivity contribution < 1.29 is 19.1 Å². The Labute approximate surface area is 152 Å². The van der Waals surface area contributed by atoms with Gasteiger partial charge in [0.15, 0.2) is 0 Å². The molecule has 2 unspecified atom stereocenters. The van der Waals surface area contributed by atoms with Crippen molar-refractivity contribution in [2.24, 2.45) is 5.92 Å². The van der Waals surface area contributed by atoms with E-state index in [0.717, 1.165) is 5.56 Å². The van der Waals surface area contributed by atoms with Crippen LogP contribution in [0.4, 0.5) is 5.69 Å². The Balaban J connectivity index is 1.80. The number of nitrogens with zero attached hydrogens (tertiary/aromatic N) is 1. The van der Waals surface area contributed by atoms with Crippen LogP contribution in [-0.4, -0.2) is 24.4 Å². The van der Waals surface area contributed by atoms with Crippen molar-refractivity contribution >= 4 is 23.5 Å². The van der Waals surface area contributed by atoms with Gasteiger partial charge in [0.1, 0.15) is 0 Å². The van der Waals surface area contributed by atoms with Crippen LogP contribution < -0.4 is 4.90 Å². The van der Waals surface area contributed by atoms with Crippen molar-refractivity contribution in [3.05, 3.63) is 65.7 Å². The predicted octanol–water partition coefficient (Wildman–Crippen LogP) is 3.55. The van der Waals surface area contributed by atoms with Gasteiger partial charge in [0, 0.05) is 6.42 Å². The fourth-order valence-corrected chi connectivity index (χ4v) is 3.27. The van der Waals surface area contributed by atoms with Gasteiger partial charge in [-0.05, 0) is 42.7 Å². The average Bonchev–Trinajstić information content (AvgIpc) is 2.96. The lowest BCUT2D eigenvalue weighted by molar-refractivity contribution is -0.122. The van der Waals surface area contributed by atoms with Crippen LogP contribution in [0.1, 0.15) is 42.1 Å². The Morgan fingerprint density at radius 1 is 1.12 bits per heavy atom. The maximum Gasteiger partial charge on any atom is 0.338 e. The van der Waals surface area contributed by atoms with Crippen LogP contribution in [0.25, 0.3) is 0 Å². The number of ether oxygens (including phenoxy) is 1. The lowest BCUT2D eigenvalue weighted by Gasteiger charge is -2.19. The molecular formula is C21H21NO4. The van der Waals surface area contributed by atoms with Gasteiger partial charge in [0.05, 0.1) is 23.8 Å². The molecule has 2 aromatic carbocycles. The molecule has 134 valence electrons. The second-order valence-corrected chi connectivity index (χ2v) is 6.34. The highest BCUT2D eigenvalue weighted by atomic mass is 16.5. The van der Waals surface area contributed by atoms with Crippen molar-refractivity contribution in [2.45, 2.75) is 26.2 Å². The zero-order valence-corrected chi connectivity index (χ0v) is 14.8. The quantitative estimate of drug-likeness (QED) is 0.610. The molecule has 1 aliphatic heterocycles. The SMILES string of the molecule is CCOC(=O)c1ccc(N2C(=O)CC(C(C)c3ccccc3)C2=O)cc1. The summed E-state index contributed by atoms with van der Waals surface area (Å²) < 4.78 is 4.95. The fourth-order valence-electron chi connectivity index (χ4n) is 3.27. The third-order valence-corrected chi connectivity index (χ3v) is 4.75. The highest BCUT2D eigenvalue weighted by Crippen LogP contribution is 2.35. The summed E-state index contributed by atoms with van der Waals surface area (Å²) in [7, 11) is 0. The molecule has 0 spiro atoms. The first-order valence-corrected chi connectivity index (χ1v) is 8.71. The number of imide groups is 1. The summed E-state index contributed by atoms with van der Waals surface area (Å²) in [6.45, 7) is 4.00. The summed E-state index contributed by atoms with van der Waals surface area (Å²) >= 11 is 0. The van der Waals surface area contributed by atoms with Crippen LogP contribution in [-0.2, 0) is 14.3 Å². The van der Waals surface area contributed by atoms with Gasteiger partial charge in [-0.25, -0.2) is 4.79 Å². The van der Waals surface area contributed by atoms with Gasteiger partial charge >= 0.3 is 5.97 Å². The highest BCUT2D eigenvalue weighted by Gasteiger charge is 2.42. The molecule has 1 fully saturated rings. The molecule has 26 heavy (non-hydrogen) atoms. The number of rotatable bonds is 5. The Kier molecular flexibility index (Phi) is 5.16. The molecular weight excluding hydrogens is 330 g/mol. The van der Waals surface area contributed by atoms with Crippen LogP contribution in [0.15, 0.2) is 54.6 Å². The van der Waals surface area contributed by atoms with Gasteiger partial charge in [0.2, 0.25) is 11.8 Å². The average molecular weight is 351 g/mol. The minimum atomic E-state index is -0.422. The maximum atomic E-state index is 12.9. The van der Waals surface area contributed by atoms with Crippen LogP contribution >= 0.6 is 0 Å². The summed E-state index contributed by atoms with van der Waals surface area (Å²) in [5, 5.41) is 0. The van der Waals surface area contributed by atoms with E-state index >= 15 is 0 Å². The second-order valence-electron chi connectivity index (χ2n) is 6.34. The fraction of sp³-hybridized carbons (Fsp3) is 0.286. The van der Waals surface area contributed by atoms with E-state index in [1.165, 1.54) is 4.90 Å². The van der Waals surface area contributed by atoms with Gasteiger partial charge in [-0.1, -0.05) is 37.3 Å². The molecule has 5 nitrogen and oxygen atoms in total. The van der Waals surface area contributed by atoms with Gasteiger partial charge in [-0.3, -0.25) is 14.5 Å². The largest absolute Gasteiger partial charge is 0.462 e. The van der Waals surface area contributed by atoms with Crippen LogP contribution in [0, 0.1) is 5.92 Å². The zero-order chi connectivity index (χ0) is 18.7. The van der Waals surface area contributed by atoms with E-state index in [1.54, 1.807) is 31.2 Å². The third kappa shape index (κ3) is 3.38. The molecule has 2 atom stereocenters. The number of hydrogen-bond donors (Lipinski definition) is 0. The highest BCUT2D eigenvalue weighted by molar-refractivity contribution is 6.21. The maximum absolute atomic E-state index is 12.9. The molecule has 1 saturated heterocycles. The number of benzene rings is 2. The minimum Gasteiger partial charge on any atom is -0.462 e. The van der Waals surface area contributed by atoms with Crippen LogP contribution in [0.2, 0.25) is 0 Å². The summed E-state index contributed by atoms with van der Waals surface area (Å²) in [4.78, 5) is 38.3. The number of carbonyl (C=O) groups excluding carboxylic acids is 3. The van der Waals surface area contributed by atoms with Crippen molar-refractivity contribution in [1.82, 2.24) is 0 Å². The van der Waals surface area contributed by atoms with Gasteiger partial charge in [-0.2, -0.15) is 0 Å². The first kappa shape index (κ1) is 17.9. The molecule has 1 aliphatic rings. The first-order chi connectivity index (χ1) is 12.5. The van der Waals surface area contributed by atoms with Gasteiger partial charge in [0.25, 0.3) is 0 Å². The summed E-state index contributed by atoms with van der Waals surface area (Å²) in [5.74, 6) is -1.26. The number of anilines is 1. The van der Waals surface area contributed by atoms with Crippen LogP contribution in [0.3, 0.4) is 0 Å². The van der Waals surface area contributed by atoms with Gasteiger partial charge in [-0.15, -0.1) is 0 Å². The van der Waals surface area contributed by atoms with E-state index in [9.17, 15) is 14.4 Å². The predicted molar refractivity (Wildman–Crippen MR) is 97.9 cm³/mol. The zero-order valence-electron chi connectivity index (χ0n) is 14.8. The molecule has 0 aliphatic carbocycles. The van der Waals surface area contributed by atoms with Crippen molar-refractivity contribution in [3.63, 3.8) is 0 Å². The van der Waals surface area contributed by atoms with Crippen molar-refractivity contribution in [3.8, 4) is 0 Å². The standard InChI is InChI=1S/C21H21NO4/c1-3-26-21(25)16-9-11-17(12-10-16)22-19(23)13-18(20(22)24)14(2)15-7-5-4-6-8-15/h4-12,14,18H,3,13H2,1-2H3. The van der Waals surface area contributed by atoms with E-state index < -0.39 is 5.97 Å². The number of hydrogen-bond acceptors (Lipinski definition) is 4. The molecule has 3 rings (SSSR count). The van der Waals surface area contributed by atoms with E-state index in [1.807, 2.05) is 37.3 Å². The Bertz CT molecular complexity index is 814. The number of amides is 2. The third-order valence-electron chi connectivity index (χ3n) is 4.75. The Morgan fingerprint density at radius 2 is 1.77 bits per heavy atom. The van der Waals surface area contributed by atoms with E-state index in [-0.39, 0.29) is 30.1 Å². The summed E-state index contributed by atoms with van der Waals surface area (Å²) in [6, 6.07) is 16.1. The second kappa shape index (κ2) is 7.52. The van der Waals surface area contributed by atoms with Crippen LogP contribution in [0.5, 0.6) is 0 Å². The summed E-state index contributed by atoms with van der Waals surface area (Å²) in [5.41, 5.74) is 1.91. The lowest BCUT2D eigenvalue weighted by Crippen LogP contribution is -2.31. The minimum absolute atomic E-state index is 0.0449. The molecule has 2 aromatic rings. The Hall–Kier alpha value is -2.95. The number of esters is 1. The van der Waals surface area contributed by atoms with E-state index in [4.69, 9.17) is 4.74 Å². The molecule has 0 N–H and O–H groups in total. The Morgan fingerprint density at radius 3 is 2.38 bits per heavy atom. The lowest BCUT2D eigenvalue weighted by atomic mass is 9.86. The molecule has 2 amide bonds. The topological polar surface area (TPSA) is 63.7 Å². The van der Waals surface area contributed by atoms with Crippen molar-refractivity contribution in [2.75, 3.05) is 11.5 Å². The molecule has 1 heterocycles. The molecule has 0 bridgehead atoms. The first-order valence-electron chi connectivity index (χ1n) is 8.71.